The monoisotopic (exact) mass is 237 g/mol. The van der Waals surface area contributed by atoms with Gasteiger partial charge in [-0.2, -0.15) is 0 Å². The Morgan fingerprint density at radius 2 is 1.88 bits per heavy atom. The second-order valence-corrected chi connectivity index (χ2v) is 4.17. The van der Waals surface area contributed by atoms with Crippen molar-refractivity contribution in [2.45, 2.75) is 13.8 Å². The van der Waals surface area contributed by atoms with Crippen molar-refractivity contribution in [3.8, 4) is 11.5 Å². The van der Waals surface area contributed by atoms with Gasteiger partial charge in [0, 0.05) is 12.1 Å². The van der Waals surface area contributed by atoms with Crippen LogP contribution in [0.4, 0.5) is 0 Å². The van der Waals surface area contributed by atoms with Gasteiger partial charge in [-0.3, -0.25) is 4.79 Å². The molecule has 1 amide bonds. The Morgan fingerprint density at radius 1 is 1.24 bits per heavy atom. The van der Waals surface area contributed by atoms with Crippen LogP contribution in [0, 0.1) is 5.92 Å². The first-order chi connectivity index (χ1) is 8.08. The van der Waals surface area contributed by atoms with E-state index in [1.807, 2.05) is 0 Å². The quantitative estimate of drug-likeness (QED) is 0.853. The Labute approximate surface area is 102 Å². The van der Waals surface area contributed by atoms with Gasteiger partial charge in [-0.1, -0.05) is 13.8 Å². The molecule has 4 nitrogen and oxygen atoms in total. The summed E-state index contributed by atoms with van der Waals surface area (Å²) in [6.07, 6.45) is 0. The molecule has 0 heterocycles. The predicted octanol–water partition coefficient (Wildman–Crippen LogP) is 2.09. The molecule has 0 saturated heterocycles. The van der Waals surface area contributed by atoms with Gasteiger partial charge in [0.05, 0.1) is 14.2 Å². The zero-order valence-electron chi connectivity index (χ0n) is 10.7. The van der Waals surface area contributed by atoms with E-state index in [9.17, 15) is 4.79 Å². The maximum absolute atomic E-state index is 11.8. The average molecular weight is 237 g/mol. The largest absolute Gasteiger partial charge is 0.493 e. The molecule has 1 aromatic carbocycles. The first kappa shape index (κ1) is 13.4. The highest BCUT2D eigenvalue weighted by Crippen LogP contribution is 2.27. The number of carbonyl (C=O) groups is 1. The standard InChI is InChI=1S/C13H19NO3/c1-9(2)8-14-13(15)10-5-6-11(16-3)12(7-10)17-4/h5-7,9H,8H2,1-4H3,(H,14,15). The normalized spacial score (nSPS) is 10.2. The maximum Gasteiger partial charge on any atom is 0.251 e. The number of amides is 1. The van der Waals surface area contributed by atoms with Gasteiger partial charge in [-0.25, -0.2) is 0 Å². The van der Waals surface area contributed by atoms with E-state index in [1.165, 1.54) is 0 Å². The summed E-state index contributed by atoms with van der Waals surface area (Å²) in [6.45, 7) is 4.76. The van der Waals surface area contributed by atoms with E-state index < -0.39 is 0 Å². The van der Waals surface area contributed by atoms with Crippen molar-refractivity contribution >= 4 is 5.91 Å². The summed E-state index contributed by atoms with van der Waals surface area (Å²) < 4.78 is 10.3. The molecule has 1 rings (SSSR count). The third-order valence-corrected chi connectivity index (χ3v) is 2.32. The molecule has 0 spiro atoms. The first-order valence-electron chi connectivity index (χ1n) is 5.58. The number of rotatable bonds is 5. The summed E-state index contributed by atoms with van der Waals surface area (Å²) in [5, 5.41) is 2.85. The second kappa shape index (κ2) is 6.13. The van der Waals surface area contributed by atoms with Gasteiger partial charge >= 0.3 is 0 Å². The highest BCUT2D eigenvalue weighted by atomic mass is 16.5. The molecule has 0 unspecified atom stereocenters. The molecule has 0 aliphatic heterocycles. The Bertz CT molecular complexity index is 388. The van der Waals surface area contributed by atoms with Gasteiger partial charge in [0.1, 0.15) is 0 Å². The molecule has 0 aromatic heterocycles. The SMILES string of the molecule is COc1ccc(C(=O)NCC(C)C)cc1OC. The Hall–Kier alpha value is -1.71. The van der Waals surface area contributed by atoms with Crippen LogP contribution < -0.4 is 14.8 Å². The highest BCUT2D eigenvalue weighted by Gasteiger charge is 2.10. The number of nitrogens with one attached hydrogen (secondary N) is 1. The fourth-order valence-electron chi connectivity index (χ4n) is 1.38. The molecule has 0 fully saturated rings. The van der Waals surface area contributed by atoms with E-state index in [0.29, 0.717) is 29.5 Å². The summed E-state index contributed by atoms with van der Waals surface area (Å²) in [5.74, 6) is 1.51. The first-order valence-corrected chi connectivity index (χ1v) is 5.58. The predicted molar refractivity (Wildman–Crippen MR) is 66.7 cm³/mol. The molecule has 0 bridgehead atoms. The van der Waals surface area contributed by atoms with Crippen molar-refractivity contribution in [1.82, 2.24) is 5.32 Å². The third-order valence-electron chi connectivity index (χ3n) is 2.32. The number of ether oxygens (including phenoxy) is 2. The van der Waals surface area contributed by atoms with Crippen LogP contribution in [-0.4, -0.2) is 26.7 Å². The number of hydrogen-bond acceptors (Lipinski definition) is 3. The zero-order valence-corrected chi connectivity index (χ0v) is 10.7. The molecular formula is C13H19NO3. The van der Waals surface area contributed by atoms with Crippen LogP contribution in [0.15, 0.2) is 18.2 Å². The molecule has 4 heteroatoms. The van der Waals surface area contributed by atoms with Crippen LogP contribution in [0.25, 0.3) is 0 Å². The van der Waals surface area contributed by atoms with Crippen molar-refractivity contribution in [3.05, 3.63) is 23.8 Å². The van der Waals surface area contributed by atoms with Crippen LogP contribution in [0.5, 0.6) is 11.5 Å². The Kier molecular flexibility index (Phi) is 4.82. The summed E-state index contributed by atoms with van der Waals surface area (Å²) >= 11 is 0. The van der Waals surface area contributed by atoms with Gasteiger partial charge in [0.15, 0.2) is 11.5 Å². The molecule has 0 aliphatic rings. The van der Waals surface area contributed by atoms with E-state index in [0.717, 1.165) is 0 Å². The maximum atomic E-state index is 11.8. The summed E-state index contributed by atoms with van der Waals surface area (Å²) in [6, 6.07) is 5.12. The summed E-state index contributed by atoms with van der Waals surface area (Å²) in [7, 11) is 3.12. The minimum Gasteiger partial charge on any atom is -0.493 e. The minimum atomic E-state index is -0.0975. The fourth-order valence-corrected chi connectivity index (χ4v) is 1.38. The van der Waals surface area contributed by atoms with Crippen molar-refractivity contribution in [1.29, 1.82) is 0 Å². The fraction of sp³-hybridized carbons (Fsp3) is 0.462. The van der Waals surface area contributed by atoms with Gasteiger partial charge in [-0.15, -0.1) is 0 Å². The number of benzene rings is 1. The van der Waals surface area contributed by atoms with Crippen molar-refractivity contribution in [3.63, 3.8) is 0 Å². The lowest BCUT2D eigenvalue weighted by atomic mass is 10.1. The van der Waals surface area contributed by atoms with Crippen molar-refractivity contribution in [2.75, 3.05) is 20.8 Å². The topological polar surface area (TPSA) is 47.6 Å². The lowest BCUT2D eigenvalue weighted by Crippen LogP contribution is -2.27. The van der Waals surface area contributed by atoms with Crippen LogP contribution in [0.3, 0.4) is 0 Å². The zero-order chi connectivity index (χ0) is 12.8. The van der Waals surface area contributed by atoms with Crippen molar-refractivity contribution < 1.29 is 14.3 Å². The summed E-state index contributed by atoms with van der Waals surface area (Å²) in [5.41, 5.74) is 0.572. The molecule has 94 valence electrons. The van der Waals surface area contributed by atoms with Crippen LogP contribution >= 0.6 is 0 Å². The molecular weight excluding hydrogens is 218 g/mol. The van der Waals surface area contributed by atoms with E-state index in [1.54, 1.807) is 32.4 Å². The second-order valence-electron chi connectivity index (χ2n) is 4.17. The van der Waals surface area contributed by atoms with Gasteiger partial charge in [0.2, 0.25) is 0 Å². The van der Waals surface area contributed by atoms with E-state index in [4.69, 9.17) is 9.47 Å². The summed E-state index contributed by atoms with van der Waals surface area (Å²) in [4.78, 5) is 11.8. The number of hydrogen-bond donors (Lipinski definition) is 1. The van der Waals surface area contributed by atoms with Crippen molar-refractivity contribution in [2.24, 2.45) is 5.92 Å². The van der Waals surface area contributed by atoms with E-state index >= 15 is 0 Å². The Balaban J connectivity index is 2.81. The van der Waals surface area contributed by atoms with Crippen LogP contribution in [0.2, 0.25) is 0 Å². The molecule has 0 atom stereocenters. The van der Waals surface area contributed by atoms with Crippen LogP contribution in [0.1, 0.15) is 24.2 Å². The number of carbonyl (C=O) groups excluding carboxylic acids is 1. The van der Waals surface area contributed by atoms with Gasteiger partial charge in [0.25, 0.3) is 5.91 Å². The third kappa shape index (κ3) is 3.66. The molecule has 1 N–H and O–H groups in total. The molecule has 0 radical (unpaired) electrons. The number of methoxy groups -OCH3 is 2. The lowest BCUT2D eigenvalue weighted by Gasteiger charge is -2.10. The van der Waals surface area contributed by atoms with E-state index in [2.05, 4.69) is 19.2 Å². The molecule has 1 aromatic rings. The molecule has 0 aliphatic carbocycles. The highest BCUT2D eigenvalue weighted by molar-refractivity contribution is 5.94. The average Bonchev–Trinajstić information content (AvgIpc) is 2.34. The van der Waals surface area contributed by atoms with Gasteiger partial charge < -0.3 is 14.8 Å². The van der Waals surface area contributed by atoms with E-state index in [-0.39, 0.29) is 5.91 Å². The van der Waals surface area contributed by atoms with Crippen LogP contribution in [-0.2, 0) is 0 Å². The molecule has 17 heavy (non-hydrogen) atoms. The van der Waals surface area contributed by atoms with Gasteiger partial charge in [-0.05, 0) is 24.1 Å². The minimum absolute atomic E-state index is 0.0975. The lowest BCUT2D eigenvalue weighted by molar-refractivity contribution is 0.0948. The smallest absolute Gasteiger partial charge is 0.251 e. The molecule has 0 saturated carbocycles. The Morgan fingerprint density at radius 3 is 2.41 bits per heavy atom.